The molecule has 2 heterocycles. The Hall–Kier alpha value is -2.21. The zero-order valence-electron chi connectivity index (χ0n) is 11.0. The van der Waals surface area contributed by atoms with Crippen LogP contribution in [0.3, 0.4) is 0 Å². The first-order chi connectivity index (χ1) is 9.13. The van der Waals surface area contributed by atoms with Crippen molar-refractivity contribution in [1.82, 2.24) is 20.1 Å². The lowest BCUT2D eigenvalue weighted by molar-refractivity contribution is 0.0995. The monoisotopic (exact) mass is 259 g/mol. The summed E-state index contributed by atoms with van der Waals surface area (Å²) in [6.45, 7) is 4.97. The number of amides is 1. The third-order valence-electron chi connectivity index (χ3n) is 2.85. The molecule has 0 fully saturated rings. The van der Waals surface area contributed by atoms with Crippen LogP contribution in [0.25, 0.3) is 5.82 Å². The molecule has 0 aliphatic rings. The summed E-state index contributed by atoms with van der Waals surface area (Å²) in [5, 5.41) is 7.46. The molecule has 0 saturated carbocycles. The SMILES string of the molecule is CCNC(C)c1cccnc1-n1ccc(C(N)=O)n1. The Bertz CT molecular complexity index is 578. The molecular formula is C13H17N5O. The van der Waals surface area contributed by atoms with Gasteiger partial charge in [-0.1, -0.05) is 13.0 Å². The van der Waals surface area contributed by atoms with Crippen molar-refractivity contribution in [2.24, 2.45) is 5.73 Å². The number of rotatable bonds is 5. The average Bonchev–Trinajstić information content (AvgIpc) is 2.88. The predicted octanol–water partition coefficient (Wildman–Crippen LogP) is 1.04. The van der Waals surface area contributed by atoms with Gasteiger partial charge in [0.2, 0.25) is 0 Å². The van der Waals surface area contributed by atoms with Crippen LogP contribution in [0.1, 0.15) is 35.9 Å². The van der Waals surface area contributed by atoms with Gasteiger partial charge in [0.25, 0.3) is 5.91 Å². The maximum Gasteiger partial charge on any atom is 0.269 e. The Balaban J connectivity index is 2.40. The molecule has 100 valence electrons. The highest BCUT2D eigenvalue weighted by molar-refractivity contribution is 5.90. The van der Waals surface area contributed by atoms with Crippen molar-refractivity contribution < 1.29 is 4.79 Å². The second-order valence-electron chi connectivity index (χ2n) is 4.21. The Morgan fingerprint density at radius 3 is 2.95 bits per heavy atom. The first kappa shape index (κ1) is 13.2. The van der Waals surface area contributed by atoms with Crippen molar-refractivity contribution in [3.63, 3.8) is 0 Å². The fourth-order valence-electron chi connectivity index (χ4n) is 1.93. The lowest BCUT2D eigenvalue weighted by atomic mass is 10.1. The average molecular weight is 259 g/mol. The standard InChI is InChI=1S/C13H17N5O/c1-3-15-9(2)10-5-4-7-16-13(10)18-8-6-11(17-18)12(14)19/h4-9,15H,3H2,1-2H3,(H2,14,19). The fourth-order valence-corrected chi connectivity index (χ4v) is 1.93. The maximum absolute atomic E-state index is 11.1. The minimum absolute atomic E-state index is 0.148. The van der Waals surface area contributed by atoms with Gasteiger partial charge in [0, 0.05) is 24.0 Å². The minimum Gasteiger partial charge on any atom is -0.364 e. The summed E-state index contributed by atoms with van der Waals surface area (Å²) in [5.41, 5.74) is 6.45. The number of hydrogen-bond donors (Lipinski definition) is 2. The first-order valence-electron chi connectivity index (χ1n) is 6.17. The number of pyridine rings is 1. The molecule has 6 nitrogen and oxygen atoms in total. The van der Waals surface area contributed by atoms with Crippen LogP contribution in [0, 0.1) is 0 Å². The van der Waals surface area contributed by atoms with Crippen LogP contribution in [0.2, 0.25) is 0 Å². The van der Waals surface area contributed by atoms with Gasteiger partial charge in [-0.3, -0.25) is 4.79 Å². The molecule has 3 N–H and O–H groups in total. The largest absolute Gasteiger partial charge is 0.364 e. The molecule has 1 atom stereocenters. The van der Waals surface area contributed by atoms with Crippen molar-refractivity contribution >= 4 is 5.91 Å². The van der Waals surface area contributed by atoms with Gasteiger partial charge in [0.1, 0.15) is 5.69 Å². The molecule has 0 aliphatic heterocycles. The van der Waals surface area contributed by atoms with Crippen LogP contribution in [0.5, 0.6) is 0 Å². The van der Waals surface area contributed by atoms with E-state index in [1.54, 1.807) is 23.1 Å². The molecule has 0 radical (unpaired) electrons. The number of hydrogen-bond acceptors (Lipinski definition) is 4. The zero-order valence-corrected chi connectivity index (χ0v) is 11.0. The van der Waals surface area contributed by atoms with Crippen molar-refractivity contribution in [3.05, 3.63) is 41.9 Å². The summed E-state index contributed by atoms with van der Waals surface area (Å²) in [7, 11) is 0. The fraction of sp³-hybridized carbons (Fsp3) is 0.308. The van der Waals surface area contributed by atoms with E-state index < -0.39 is 5.91 Å². The summed E-state index contributed by atoms with van der Waals surface area (Å²) in [5.74, 6) is 0.152. The van der Waals surface area contributed by atoms with Gasteiger partial charge in [0.15, 0.2) is 5.82 Å². The van der Waals surface area contributed by atoms with E-state index in [1.807, 2.05) is 19.1 Å². The van der Waals surface area contributed by atoms with Gasteiger partial charge >= 0.3 is 0 Å². The van der Waals surface area contributed by atoms with E-state index in [-0.39, 0.29) is 11.7 Å². The van der Waals surface area contributed by atoms with Crippen LogP contribution in [-0.2, 0) is 0 Å². The van der Waals surface area contributed by atoms with Crippen LogP contribution in [-0.4, -0.2) is 27.2 Å². The van der Waals surface area contributed by atoms with Gasteiger partial charge in [-0.15, -0.1) is 0 Å². The van der Waals surface area contributed by atoms with Gasteiger partial charge in [-0.25, -0.2) is 9.67 Å². The molecule has 0 saturated heterocycles. The molecule has 19 heavy (non-hydrogen) atoms. The van der Waals surface area contributed by atoms with Crippen molar-refractivity contribution in [2.45, 2.75) is 19.9 Å². The van der Waals surface area contributed by atoms with Crippen LogP contribution < -0.4 is 11.1 Å². The highest BCUT2D eigenvalue weighted by Crippen LogP contribution is 2.18. The smallest absolute Gasteiger partial charge is 0.269 e. The third kappa shape index (κ3) is 2.79. The predicted molar refractivity (Wildman–Crippen MR) is 72.0 cm³/mol. The number of nitrogens with two attached hydrogens (primary N) is 1. The zero-order chi connectivity index (χ0) is 13.8. The Kier molecular flexibility index (Phi) is 3.91. The molecule has 0 spiro atoms. The molecule has 2 aromatic heterocycles. The summed E-state index contributed by atoms with van der Waals surface area (Å²) in [6.07, 6.45) is 3.38. The van der Waals surface area contributed by atoms with Gasteiger partial charge in [0.05, 0.1) is 0 Å². The van der Waals surface area contributed by atoms with Crippen LogP contribution in [0.15, 0.2) is 30.6 Å². The van der Waals surface area contributed by atoms with Gasteiger partial charge in [-0.2, -0.15) is 5.10 Å². The molecule has 2 aromatic rings. The van der Waals surface area contributed by atoms with E-state index in [9.17, 15) is 4.79 Å². The molecule has 1 unspecified atom stereocenters. The van der Waals surface area contributed by atoms with Gasteiger partial charge in [-0.05, 0) is 25.6 Å². The molecule has 1 amide bonds. The number of aromatic nitrogens is 3. The topological polar surface area (TPSA) is 85.8 Å². The minimum atomic E-state index is -0.545. The third-order valence-corrected chi connectivity index (χ3v) is 2.85. The lowest BCUT2D eigenvalue weighted by Gasteiger charge is -2.15. The molecule has 2 rings (SSSR count). The Morgan fingerprint density at radius 1 is 1.53 bits per heavy atom. The highest BCUT2D eigenvalue weighted by atomic mass is 16.1. The number of carbonyl (C=O) groups is 1. The van der Waals surface area contributed by atoms with Crippen LogP contribution >= 0.6 is 0 Å². The van der Waals surface area contributed by atoms with E-state index in [0.29, 0.717) is 5.82 Å². The molecule has 0 bridgehead atoms. The normalized spacial score (nSPS) is 12.3. The summed E-state index contributed by atoms with van der Waals surface area (Å²) >= 11 is 0. The van der Waals surface area contributed by atoms with E-state index >= 15 is 0 Å². The lowest BCUT2D eigenvalue weighted by Crippen LogP contribution is -2.20. The Labute approximate surface area is 111 Å². The van der Waals surface area contributed by atoms with E-state index in [0.717, 1.165) is 12.1 Å². The number of nitrogens with zero attached hydrogens (tertiary/aromatic N) is 3. The molecule has 6 heteroatoms. The van der Waals surface area contributed by atoms with E-state index in [1.165, 1.54) is 0 Å². The second kappa shape index (κ2) is 5.62. The summed E-state index contributed by atoms with van der Waals surface area (Å²) < 4.78 is 1.57. The molecular weight excluding hydrogens is 242 g/mol. The summed E-state index contributed by atoms with van der Waals surface area (Å²) in [6, 6.07) is 5.60. The molecule has 0 aliphatic carbocycles. The number of carbonyl (C=O) groups excluding carboxylic acids is 1. The second-order valence-corrected chi connectivity index (χ2v) is 4.21. The van der Waals surface area contributed by atoms with Crippen LogP contribution in [0.4, 0.5) is 0 Å². The van der Waals surface area contributed by atoms with E-state index in [4.69, 9.17) is 5.73 Å². The number of primary amides is 1. The Morgan fingerprint density at radius 2 is 2.32 bits per heavy atom. The van der Waals surface area contributed by atoms with Crippen molar-refractivity contribution in [3.8, 4) is 5.82 Å². The first-order valence-corrected chi connectivity index (χ1v) is 6.17. The quantitative estimate of drug-likeness (QED) is 0.840. The van der Waals surface area contributed by atoms with E-state index in [2.05, 4.69) is 22.3 Å². The maximum atomic E-state index is 11.1. The highest BCUT2D eigenvalue weighted by Gasteiger charge is 2.14. The van der Waals surface area contributed by atoms with Gasteiger partial charge < -0.3 is 11.1 Å². The summed E-state index contributed by atoms with van der Waals surface area (Å²) in [4.78, 5) is 15.4. The molecule has 0 aromatic carbocycles. The van der Waals surface area contributed by atoms with Crippen molar-refractivity contribution in [2.75, 3.05) is 6.54 Å². The van der Waals surface area contributed by atoms with Crippen molar-refractivity contribution in [1.29, 1.82) is 0 Å². The number of nitrogens with one attached hydrogen (secondary N) is 1.